The minimum atomic E-state index is -0.171. The standard InChI is InChI=1S/C18H20N4O2.ClH/c1-11-4-6-13(7-5-11)15-10-14(17(23)20-9-3-8-19)16-12(2)22-24-18(16)21-15;/h4-7,10H,3,8-9,19H2,1-2H3,(H,20,23);1H. The molecule has 2 aromatic heterocycles. The molecule has 0 atom stereocenters. The number of pyridine rings is 1. The van der Waals surface area contributed by atoms with Crippen molar-refractivity contribution in [2.75, 3.05) is 13.1 Å². The van der Waals surface area contributed by atoms with Gasteiger partial charge in [-0.05, 0) is 32.9 Å². The molecule has 132 valence electrons. The molecule has 0 spiro atoms. The smallest absolute Gasteiger partial charge is 0.259 e. The maximum Gasteiger partial charge on any atom is 0.259 e. The Morgan fingerprint density at radius 2 is 1.96 bits per heavy atom. The van der Waals surface area contributed by atoms with Gasteiger partial charge >= 0.3 is 0 Å². The van der Waals surface area contributed by atoms with Crippen molar-refractivity contribution in [3.8, 4) is 11.3 Å². The number of carbonyl (C=O) groups is 1. The molecule has 3 N–H and O–H groups in total. The maximum absolute atomic E-state index is 12.6. The molecule has 0 radical (unpaired) electrons. The quantitative estimate of drug-likeness (QED) is 0.682. The van der Waals surface area contributed by atoms with Crippen LogP contribution in [0.5, 0.6) is 0 Å². The average Bonchev–Trinajstić information content (AvgIpc) is 2.96. The van der Waals surface area contributed by atoms with Crippen LogP contribution in [0.15, 0.2) is 34.9 Å². The van der Waals surface area contributed by atoms with Crippen molar-refractivity contribution in [2.45, 2.75) is 20.3 Å². The van der Waals surface area contributed by atoms with Crippen molar-refractivity contribution in [3.63, 3.8) is 0 Å². The molecule has 0 saturated heterocycles. The largest absolute Gasteiger partial charge is 0.352 e. The van der Waals surface area contributed by atoms with Crippen molar-refractivity contribution >= 4 is 29.4 Å². The highest BCUT2D eigenvalue weighted by atomic mass is 35.5. The molecule has 1 amide bonds. The Hall–Kier alpha value is -2.44. The van der Waals surface area contributed by atoms with Gasteiger partial charge in [-0.25, -0.2) is 4.98 Å². The van der Waals surface area contributed by atoms with Gasteiger partial charge in [0.25, 0.3) is 11.6 Å². The highest BCUT2D eigenvalue weighted by molar-refractivity contribution is 6.06. The summed E-state index contributed by atoms with van der Waals surface area (Å²) < 4.78 is 5.29. The first-order chi connectivity index (χ1) is 11.6. The van der Waals surface area contributed by atoms with Gasteiger partial charge in [0.2, 0.25) is 0 Å². The third-order valence-electron chi connectivity index (χ3n) is 3.88. The number of carbonyl (C=O) groups excluding carboxylic acids is 1. The van der Waals surface area contributed by atoms with E-state index in [4.69, 9.17) is 10.3 Å². The van der Waals surface area contributed by atoms with E-state index in [1.807, 2.05) is 31.2 Å². The van der Waals surface area contributed by atoms with Gasteiger partial charge in [0.05, 0.1) is 22.3 Å². The molecule has 25 heavy (non-hydrogen) atoms. The summed E-state index contributed by atoms with van der Waals surface area (Å²) in [5.41, 5.74) is 9.79. The minimum absolute atomic E-state index is 0. The normalized spacial score (nSPS) is 10.5. The van der Waals surface area contributed by atoms with Crippen LogP contribution in [-0.4, -0.2) is 29.1 Å². The number of halogens is 1. The molecule has 6 nitrogen and oxygen atoms in total. The minimum Gasteiger partial charge on any atom is -0.352 e. The van der Waals surface area contributed by atoms with Crippen LogP contribution in [0.25, 0.3) is 22.4 Å². The number of fused-ring (bicyclic) bond motifs is 1. The Balaban J connectivity index is 0.00000225. The van der Waals surface area contributed by atoms with E-state index in [-0.39, 0.29) is 18.3 Å². The first-order valence-electron chi connectivity index (χ1n) is 7.92. The van der Waals surface area contributed by atoms with Gasteiger partial charge in [-0.1, -0.05) is 35.0 Å². The molecular weight excluding hydrogens is 340 g/mol. The summed E-state index contributed by atoms with van der Waals surface area (Å²) in [6, 6.07) is 9.75. The second kappa shape index (κ2) is 8.09. The van der Waals surface area contributed by atoms with E-state index >= 15 is 0 Å². The molecular formula is C18H21ClN4O2. The van der Waals surface area contributed by atoms with Gasteiger partial charge < -0.3 is 15.6 Å². The van der Waals surface area contributed by atoms with Gasteiger partial charge in [-0.2, -0.15) is 0 Å². The fourth-order valence-electron chi connectivity index (χ4n) is 2.55. The fourth-order valence-corrected chi connectivity index (χ4v) is 2.55. The molecule has 0 aliphatic rings. The lowest BCUT2D eigenvalue weighted by Gasteiger charge is -2.08. The van der Waals surface area contributed by atoms with Crippen LogP contribution in [0.3, 0.4) is 0 Å². The molecule has 0 aliphatic heterocycles. The first-order valence-corrected chi connectivity index (χ1v) is 7.92. The number of amides is 1. The number of benzene rings is 1. The zero-order valence-corrected chi connectivity index (χ0v) is 15.0. The number of hydrogen-bond acceptors (Lipinski definition) is 5. The molecule has 2 heterocycles. The van der Waals surface area contributed by atoms with Crippen LogP contribution in [0.2, 0.25) is 0 Å². The number of hydrogen-bond donors (Lipinski definition) is 2. The summed E-state index contributed by atoms with van der Waals surface area (Å²) in [5.74, 6) is -0.171. The van der Waals surface area contributed by atoms with E-state index in [1.165, 1.54) is 0 Å². The number of rotatable bonds is 5. The van der Waals surface area contributed by atoms with Gasteiger partial charge in [0, 0.05) is 12.1 Å². The van der Waals surface area contributed by atoms with Gasteiger partial charge in [0.1, 0.15) is 0 Å². The highest BCUT2D eigenvalue weighted by Crippen LogP contribution is 2.27. The van der Waals surface area contributed by atoms with E-state index in [1.54, 1.807) is 13.0 Å². The van der Waals surface area contributed by atoms with E-state index in [0.717, 1.165) is 17.5 Å². The summed E-state index contributed by atoms with van der Waals surface area (Å²) in [7, 11) is 0. The lowest BCUT2D eigenvalue weighted by Crippen LogP contribution is -2.26. The number of aryl methyl sites for hydroxylation is 2. The van der Waals surface area contributed by atoms with E-state index in [0.29, 0.717) is 41.1 Å². The summed E-state index contributed by atoms with van der Waals surface area (Å²) in [5, 5.41) is 7.48. The third kappa shape index (κ3) is 3.97. The first kappa shape index (κ1) is 18.9. The number of nitrogens with two attached hydrogens (primary N) is 1. The van der Waals surface area contributed by atoms with Crippen molar-refractivity contribution in [1.82, 2.24) is 15.5 Å². The SMILES string of the molecule is Cc1ccc(-c2cc(C(=O)NCCCN)c3c(C)noc3n2)cc1.Cl. The zero-order chi connectivity index (χ0) is 17.1. The number of nitrogens with zero attached hydrogens (tertiary/aromatic N) is 2. The molecule has 0 saturated carbocycles. The summed E-state index contributed by atoms with van der Waals surface area (Å²) >= 11 is 0. The van der Waals surface area contributed by atoms with Crippen LogP contribution >= 0.6 is 12.4 Å². The second-order valence-electron chi connectivity index (χ2n) is 5.77. The van der Waals surface area contributed by atoms with Gasteiger partial charge in [0.15, 0.2) is 0 Å². The fraction of sp³-hybridized carbons (Fsp3) is 0.278. The lowest BCUT2D eigenvalue weighted by atomic mass is 10.0. The van der Waals surface area contributed by atoms with E-state index < -0.39 is 0 Å². The average molecular weight is 361 g/mol. The summed E-state index contributed by atoms with van der Waals surface area (Å²) in [6.07, 6.45) is 0.730. The van der Waals surface area contributed by atoms with Crippen LogP contribution in [0.1, 0.15) is 28.0 Å². The molecule has 3 rings (SSSR count). The molecule has 3 aromatic rings. The Labute approximate surface area is 152 Å². The van der Waals surface area contributed by atoms with Crippen LogP contribution in [-0.2, 0) is 0 Å². The van der Waals surface area contributed by atoms with Gasteiger partial charge in [-0.3, -0.25) is 4.79 Å². The zero-order valence-electron chi connectivity index (χ0n) is 14.2. The second-order valence-corrected chi connectivity index (χ2v) is 5.77. The van der Waals surface area contributed by atoms with Crippen molar-refractivity contribution in [3.05, 3.63) is 47.2 Å². The van der Waals surface area contributed by atoms with Crippen LogP contribution < -0.4 is 11.1 Å². The van der Waals surface area contributed by atoms with Crippen molar-refractivity contribution in [2.24, 2.45) is 5.73 Å². The molecule has 7 heteroatoms. The monoisotopic (exact) mass is 360 g/mol. The Kier molecular flexibility index (Phi) is 6.12. The highest BCUT2D eigenvalue weighted by Gasteiger charge is 2.19. The molecule has 0 unspecified atom stereocenters. The predicted molar refractivity (Wildman–Crippen MR) is 100.0 cm³/mol. The lowest BCUT2D eigenvalue weighted by molar-refractivity contribution is 0.0955. The summed E-state index contributed by atoms with van der Waals surface area (Å²) in [6.45, 7) is 4.89. The molecule has 0 aliphatic carbocycles. The van der Waals surface area contributed by atoms with Crippen molar-refractivity contribution < 1.29 is 9.32 Å². The Bertz CT molecular complexity index is 875. The summed E-state index contributed by atoms with van der Waals surface area (Å²) in [4.78, 5) is 17.1. The third-order valence-corrected chi connectivity index (χ3v) is 3.88. The van der Waals surface area contributed by atoms with E-state index in [2.05, 4.69) is 15.5 Å². The van der Waals surface area contributed by atoms with Crippen LogP contribution in [0.4, 0.5) is 0 Å². The Morgan fingerprint density at radius 1 is 1.24 bits per heavy atom. The molecule has 0 bridgehead atoms. The maximum atomic E-state index is 12.6. The van der Waals surface area contributed by atoms with Crippen LogP contribution in [0, 0.1) is 13.8 Å². The van der Waals surface area contributed by atoms with Crippen molar-refractivity contribution in [1.29, 1.82) is 0 Å². The topological polar surface area (TPSA) is 94.0 Å². The number of aromatic nitrogens is 2. The van der Waals surface area contributed by atoms with Gasteiger partial charge in [-0.15, -0.1) is 12.4 Å². The Morgan fingerprint density at radius 3 is 2.64 bits per heavy atom. The van der Waals surface area contributed by atoms with E-state index in [9.17, 15) is 4.79 Å². The molecule has 1 aromatic carbocycles. The molecule has 0 fully saturated rings. The predicted octanol–water partition coefficient (Wildman–Crippen LogP) is 3.01. The number of nitrogens with one attached hydrogen (secondary N) is 1.